The van der Waals surface area contributed by atoms with Crippen LogP contribution in [0.15, 0.2) is 60.7 Å². The molecule has 10 heteroatoms. The third-order valence-corrected chi connectivity index (χ3v) is 9.82. The Kier molecular flexibility index (Phi) is 24.3. The molecule has 2 aromatic carbocycles. The minimum absolute atomic E-state index is 0.0533. The van der Waals surface area contributed by atoms with Crippen LogP contribution in [0.3, 0.4) is 0 Å². The third kappa shape index (κ3) is 20.3. The predicted octanol–water partition coefficient (Wildman–Crippen LogP) is 7.96. The van der Waals surface area contributed by atoms with Gasteiger partial charge in [-0.2, -0.15) is 11.8 Å². The number of esters is 2. The van der Waals surface area contributed by atoms with E-state index in [2.05, 4.69) is 17.6 Å². The van der Waals surface area contributed by atoms with E-state index < -0.39 is 41.9 Å². The minimum Gasteiger partial charge on any atom is -0.465 e. The van der Waals surface area contributed by atoms with E-state index in [1.54, 1.807) is 31.2 Å². The van der Waals surface area contributed by atoms with Crippen LogP contribution in [-0.4, -0.2) is 54.8 Å². The molecular weight excluding hydrogens is 663 g/mol. The molecule has 4 N–H and O–H groups in total. The second-order valence-electron chi connectivity index (χ2n) is 13.1. The highest BCUT2D eigenvalue weighted by atomic mass is 32.2. The summed E-state index contributed by atoms with van der Waals surface area (Å²) < 4.78 is 10.6. The summed E-state index contributed by atoms with van der Waals surface area (Å²) in [6.45, 7) is 4.43. The summed E-state index contributed by atoms with van der Waals surface area (Å²) in [5.74, 6) is -1.13. The summed E-state index contributed by atoms with van der Waals surface area (Å²) in [5, 5.41) is 5.57. The lowest BCUT2D eigenvalue weighted by molar-refractivity contribution is -0.148. The van der Waals surface area contributed by atoms with Gasteiger partial charge in [0.05, 0.1) is 13.2 Å². The van der Waals surface area contributed by atoms with Crippen LogP contribution in [0.2, 0.25) is 0 Å². The number of rotatable bonds is 29. The highest BCUT2D eigenvalue weighted by Gasteiger charge is 2.29. The largest absolute Gasteiger partial charge is 0.465 e. The number of thioether (sulfide) groups is 1. The molecule has 2 amide bonds. The summed E-state index contributed by atoms with van der Waals surface area (Å²) in [4.78, 5) is 51.8. The Morgan fingerprint density at radius 2 is 1.24 bits per heavy atom. The first-order valence-electron chi connectivity index (χ1n) is 19.2. The normalized spacial score (nSPS) is 12.8. The summed E-state index contributed by atoms with van der Waals surface area (Å²) in [6.07, 6.45) is 17.6. The summed E-state index contributed by atoms with van der Waals surface area (Å²) in [5.41, 5.74) is 7.72. The second-order valence-corrected chi connectivity index (χ2v) is 14.2. The molecule has 2 rings (SSSR count). The molecule has 3 unspecified atom stereocenters. The molecule has 0 aromatic heterocycles. The van der Waals surface area contributed by atoms with Crippen LogP contribution < -0.4 is 16.4 Å². The number of nitrogens with one attached hydrogen (secondary N) is 2. The maximum Gasteiger partial charge on any atom is 0.333 e. The van der Waals surface area contributed by atoms with Crippen LogP contribution in [0.25, 0.3) is 0 Å². The van der Waals surface area contributed by atoms with Crippen molar-refractivity contribution in [3.8, 4) is 0 Å². The molecule has 2 aromatic rings. The maximum atomic E-state index is 13.5. The van der Waals surface area contributed by atoms with E-state index in [0.717, 1.165) is 24.8 Å². The fourth-order valence-electron chi connectivity index (χ4n) is 5.69. The van der Waals surface area contributed by atoms with Gasteiger partial charge in [0.1, 0.15) is 12.1 Å². The first-order chi connectivity index (χ1) is 24.8. The number of benzene rings is 2. The molecule has 0 aliphatic heterocycles. The van der Waals surface area contributed by atoms with Crippen molar-refractivity contribution >= 4 is 35.5 Å². The highest BCUT2D eigenvalue weighted by Crippen LogP contribution is 2.18. The van der Waals surface area contributed by atoms with E-state index in [4.69, 9.17) is 15.2 Å². The van der Waals surface area contributed by atoms with Gasteiger partial charge >= 0.3 is 11.9 Å². The zero-order chi connectivity index (χ0) is 36.9. The lowest BCUT2D eigenvalue weighted by atomic mass is 10.0. The molecule has 9 nitrogen and oxygen atoms in total. The fraction of sp³-hybridized carbons (Fsp3) is 0.610. The summed E-state index contributed by atoms with van der Waals surface area (Å²) >= 11 is 1.49. The SMILES string of the molecule is CCCCCCCCCCCCCCCCOC(=O)C(N)CCC(=O)NC(CSCc1ccccc1)C(=O)NC(C(=O)OCC)c1ccccc1. The molecule has 0 fully saturated rings. The molecule has 0 aliphatic carbocycles. The van der Waals surface area contributed by atoms with Gasteiger partial charge < -0.3 is 25.8 Å². The van der Waals surface area contributed by atoms with Crippen LogP contribution >= 0.6 is 11.8 Å². The molecule has 284 valence electrons. The van der Waals surface area contributed by atoms with Crippen LogP contribution in [0, 0.1) is 0 Å². The van der Waals surface area contributed by atoms with Crippen LogP contribution in [0.4, 0.5) is 0 Å². The molecule has 0 heterocycles. The zero-order valence-corrected chi connectivity index (χ0v) is 31.9. The number of unbranched alkanes of at least 4 members (excludes halogenated alkanes) is 13. The van der Waals surface area contributed by atoms with Gasteiger partial charge in [-0.25, -0.2) is 4.79 Å². The smallest absolute Gasteiger partial charge is 0.333 e. The Balaban J connectivity index is 1.74. The maximum absolute atomic E-state index is 13.5. The third-order valence-electron chi connectivity index (χ3n) is 8.72. The minimum atomic E-state index is -1.03. The quantitative estimate of drug-likeness (QED) is 0.0568. The number of carbonyl (C=O) groups excluding carboxylic acids is 4. The van der Waals surface area contributed by atoms with E-state index in [9.17, 15) is 19.2 Å². The van der Waals surface area contributed by atoms with E-state index in [0.29, 0.717) is 17.9 Å². The summed E-state index contributed by atoms with van der Waals surface area (Å²) in [7, 11) is 0. The molecule has 3 atom stereocenters. The van der Waals surface area contributed by atoms with Crippen LogP contribution in [-0.2, 0) is 34.4 Å². The average molecular weight is 726 g/mol. The van der Waals surface area contributed by atoms with Gasteiger partial charge in [-0.15, -0.1) is 0 Å². The number of carbonyl (C=O) groups is 4. The predicted molar refractivity (Wildman–Crippen MR) is 207 cm³/mol. The van der Waals surface area contributed by atoms with Crippen molar-refractivity contribution in [2.75, 3.05) is 19.0 Å². The van der Waals surface area contributed by atoms with Gasteiger partial charge in [-0.1, -0.05) is 151 Å². The van der Waals surface area contributed by atoms with Gasteiger partial charge in [0.25, 0.3) is 0 Å². The number of nitrogens with two attached hydrogens (primary N) is 1. The number of hydrogen-bond acceptors (Lipinski definition) is 8. The standard InChI is InChI=1S/C41H63N3O6S/c1-3-5-6-7-8-9-10-11-12-13-14-15-16-23-30-50-40(47)35(42)28-29-37(45)43-36(32-51-31-33-24-19-17-20-25-33)39(46)44-38(41(48)49-4-2)34-26-21-18-22-27-34/h17-22,24-27,35-36,38H,3-16,23,28-32,42H2,1-2H3,(H,43,45)(H,44,46). The van der Waals surface area contributed by atoms with Gasteiger partial charge in [0, 0.05) is 17.9 Å². The molecular formula is C41H63N3O6S. The second kappa shape index (κ2) is 28.2. The molecule has 0 bridgehead atoms. The van der Waals surface area contributed by atoms with Crippen molar-refractivity contribution in [1.29, 1.82) is 0 Å². The first-order valence-corrected chi connectivity index (χ1v) is 20.4. The van der Waals surface area contributed by atoms with Crippen molar-refractivity contribution in [2.24, 2.45) is 5.73 Å². The van der Waals surface area contributed by atoms with Gasteiger partial charge in [0.2, 0.25) is 11.8 Å². The van der Waals surface area contributed by atoms with Crippen molar-refractivity contribution in [3.05, 3.63) is 71.8 Å². The van der Waals surface area contributed by atoms with E-state index in [1.807, 2.05) is 36.4 Å². The monoisotopic (exact) mass is 725 g/mol. The highest BCUT2D eigenvalue weighted by molar-refractivity contribution is 7.98. The lowest BCUT2D eigenvalue weighted by Crippen LogP contribution is -2.50. The number of hydrogen-bond donors (Lipinski definition) is 3. The molecule has 0 saturated heterocycles. The Bertz CT molecular complexity index is 1230. The molecule has 0 radical (unpaired) electrons. The molecule has 0 aliphatic rings. The van der Waals surface area contributed by atoms with Gasteiger partial charge in [0.15, 0.2) is 6.04 Å². The average Bonchev–Trinajstić information content (AvgIpc) is 3.14. The Labute approximate surface area is 311 Å². The Morgan fingerprint density at radius 1 is 0.686 bits per heavy atom. The zero-order valence-electron chi connectivity index (χ0n) is 31.1. The van der Waals surface area contributed by atoms with Crippen LogP contribution in [0.1, 0.15) is 134 Å². The Hall–Kier alpha value is -3.37. The van der Waals surface area contributed by atoms with E-state index >= 15 is 0 Å². The van der Waals surface area contributed by atoms with Crippen molar-refractivity contribution in [2.45, 2.75) is 140 Å². The van der Waals surface area contributed by atoms with Crippen molar-refractivity contribution in [3.63, 3.8) is 0 Å². The summed E-state index contributed by atoms with van der Waals surface area (Å²) in [6, 6.07) is 15.7. The van der Waals surface area contributed by atoms with Crippen molar-refractivity contribution < 1.29 is 28.7 Å². The topological polar surface area (TPSA) is 137 Å². The first kappa shape index (κ1) is 43.8. The molecule has 0 spiro atoms. The van der Waals surface area contributed by atoms with Gasteiger partial charge in [-0.05, 0) is 30.9 Å². The number of amides is 2. The molecule has 51 heavy (non-hydrogen) atoms. The fourth-order valence-corrected chi connectivity index (χ4v) is 6.71. The van der Waals surface area contributed by atoms with E-state index in [1.165, 1.54) is 82.4 Å². The van der Waals surface area contributed by atoms with Crippen LogP contribution in [0.5, 0.6) is 0 Å². The number of ether oxygens (including phenoxy) is 2. The lowest BCUT2D eigenvalue weighted by Gasteiger charge is -2.23. The van der Waals surface area contributed by atoms with Gasteiger partial charge in [-0.3, -0.25) is 14.4 Å². The van der Waals surface area contributed by atoms with Crippen molar-refractivity contribution in [1.82, 2.24) is 10.6 Å². The molecule has 0 saturated carbocycles. The van der Waals surface area contributed by atoms with E-state index in [-0.39, 0.29) is 25.2 Å². The Morgan fingerprint density at radius 3 is 1.80 bits per heavy atom.